The van der Waals surface area contributed by atoms with Crippen LogP contribution in [-0.4, -0.2) is 30.7 Å². The van der Waals surface area contributed by atoms with E-state index in [-0.39, 0.29) is 17.9 Å². The van der Waals surface area contributed by atoms with Gasteiger partial charge in [-0.2, -0.15) is 0 Å². The number of para-hydroxylation sites is 1. The second-order valence-electron chi connectivity index (χ2n) is 8.29. The second-order valence-corrected chi connectivity index (χ2v) is 9.31. The minimum atomic E-state index is -0.0479. The minimum Gasteiger partial charge on any atom is -0.493 e. The number of thiophene rings is 1. The lowest BCUT2D eigenvalue weighted by molar-refractivity contribution is 0.0928. The van der Waals surface area contributed by atoms with Gasteiger partial charge in [0.15, 0.2) is 0 Å². The lowest BCUT2D eigenvalue weighted by atomic mass is 9.97. The maximum absolute atomic E-state index is 13.5. The SMILES string of the molecule is CC(C)c1c(C(=O)N[C@H]2CCOc3ccccc32)sc2c(C3=CCOCC3)ccnc12. The molecule has 6 heteroatoms. The summed E-state index contributed by atoms with van der Waals surface area (Å²) < 4.78 is 12.3. The number of ether oxygens (including phenoxy) is 2. The molecule has 0 saturated carbocycles. The Balaban J connectivity index is 1.54. The number of rotatable bonds is 4. The number of pyridine rings is 1. The molecular formula is C25H26N2O3S. The molecule has 5 rings (SSSR count). The zero-order chi connectivity index (χ0) is 21.4. The monoisotopic (exact) mass is 434 g/mol. The number of benzene rings is 1. The van der Waals surface area contributed by atoms with Crippen molar-refractivity contribution in [2.24, 2.45) is 0 Å². The van der Waals surface area contributed by atoms with Crippen LogP contribution in [0.4, 0.5) is 0 Å². The van der Waals surface area contributed by atoms with Crippen LogP contribution in [0.15, 0.2) is 42.6 Å². The molecule has 4 heterocycles. The summed E-state index contributed by atoms with van der Waals surface area (Å²) in [6, 6.07) is 9.97. The molecule has 0 radical (unpaired) electrons. The molecule has 3 aromatic rings. The summed E-state index contributed by atoms with van der Waals surface area (Å²) in [7, 11) is 0. The first-order valence-electron chi connectivity index (χ1n) is 10.8. The maximum Gasteiger partial charge on any atom is 0.262 e. The van der Waals surface area contributed by atoms with E-state index in [1.54, 1.807) is 11.3 Å². The third-order valence-corrected chi connectivity index (χ3v) is 7.19. The van der Waals surface area contributed by atoms with Crippen molar-refractivity contribution in [3.63, 3.8) is 0 Å². The Kier molecular flexibility index (Phi) is 5.50. The van der Waals surface area contributed by atoms with Crippen LogP contribution in [0.25, 0.3) is 15.8 Å². The smallest absolute Gasteiger partial charge is 0.262 e. The van der Waals surface area contributed by atoms with Crippen LogP contribution >= 0.6 is 11.3 Å². The Bertz CT molecular complexity index is 1160. The van der Waals surface area contributed by atoms with Gasteiger partial charge in [0.05, 0.1) is 41.0 Å². The molecule has 2 aliphatic rings. The van der Waals surface area contributed by atoms with E-state index >= 15 is 0 Å². The van der Waals surface area contributed by atoms with E-state index in [0.717, 1.165) is 51.4 Å². The first-order chi connectivity index (χ1) is 15.1. The number of amides is 1. The summed E-state index contributed by atoms with van der Waals surface area (Å²) in [4.78, 5) is 19.0. The Labute approximate surface area is 186 Å². The zero-order valence-corrected chi connectivity index (χ0v) is 18.6. The lowest BCUT2D eigenvalue weighted by Gasteiger charge is -2.26. The van der Waals surface area contributed by atoms with Crippen molar-refractivity contribution in [2.45, 2.75) is 38.6 Å². The van der Waals surface area contributed by atoms with Crippen LogP contribution in [0.5, 0.6) is 5.75 Å². The van der Waals surface area contributed by atoms with Gasteiger partial charge in [-0.1, -0.05) is 38.1 Å². The summed E-state index contributed by atoms with van der Waals surface area (Å²) in [6.07, 6.45) is 5.66. The fourth-order valence-electron chi connectivity index (χ4n) is 4.45. The van der Waals surface area contributed by atoms with E-state index in [0.29, 0.717) is 13.2 Å². The molecule has 0 saturated heterocycles. The second kappa shape index (κ2) is 8.44. The number of aromatic nitrogens is 1. The van der Waals surface area contributed by atoms with Gasteiger partial charge in [0.1, 0.15) is 5.75 Å². The molecule has 1 amide bonds. The Morgan fingerprint density at radius 3 is 2.90 bits per heavy atom. The molecular weight excluding hydrogens is 408 g/mol. The Morgan fingerprint density at radius 1 is 1.23 bits per heavy atom. The van der Waals surface area contributed by atoms with Gasteiger partial charge >= 0.3 is 0 Å². The molecule has 5 nitrogen and oxygen atoms in total. The van der Waals surface area contributed by atoms with Gasteiger partial charge in [0.25, 0.3) is 5.91 Å². The average Bonchev–Trinajstić information content (AvgIpc) is 3.20. The summed E-state index contributed by atoms with van der Waals surface area (Å²) in [6.45, 7) is 6.23. The normalized spacial score (nSPS) is 18.4. The third-order valence-electron chi connectivity index (χ3n) is 5.97. The molecule has 0 spiro atoms. The van der Waals surface area contributed by atoms with E-state index in [2.05, 4.69) is 31.3 Å². The van der Waals surface area contributed by atoms with Crippen molar-refractivity contribution in [1.82, 2.24) is 10.3 Å². The van der Waals surface area contributed by atoms with Crippen LogP contribution in [0.2, 0.25) is 0 Å². The van der Waals surface area contributed by atoms with Crippen molar-refractivity contribution >= 4 is 33.0 Å². The summed E-state index contributed by atoms with van der Waals surface area (Å²) in [5, 5.41) is 3.28. The molecule has 0 aliphatic carbocycles. The molecule has 0 fully saturated rings. The van der Waals surface area contributed by atoms with Crippen molar-refractivity contribution in [3.05, 3.63) is 64.2 Å². The van der Waals surface area contributed by atoms with E-state index in [1.807, 2.05) is 30.5 Å². The largest absolute Gasteiger partial charge is 0.493 e. The molecule has 160 valence electrons. The van der Waals surface area contributed by atoms with E-state index in [9.17, 15) is 4.79 Å². The van der Waals surface area contributed by atoms with Crippen molar-refractivity contribution in [1.29, 1.82) is 0 Å². The lowest BCUT2D eigenvalue weighted by Crippen LogP contribution is -2.32. The number of nitrogens with zero attached hydrogens (tertiary/aromatic N) is 1. The van der Waals surface area contributed by atoms with Gasteiger partial charge in [0.2, 0.25) is 0 Å². The highest BCUT2D eigenvalue weighted by atomic mass is 32.1. The highest BCUT2D eigenvalue weighted by Crippen LogP contribution is 2.40. The molecule has 0 unspecified atom stereocenters. The molecule has 1 aromatic carbocycles. The van der Waals surface area contributed by atoms with Gasteiger partial charge in [0, 0.05) is 23.7 Å². The molecule has 1 atom stereocenters. The van der Waals surface area contributed by atoms with Crippen LogP contribution in [-0.2, 0) is 4.74 Å². The molecule has 1 N–H and O–H groups in total. The van der Waals surface area contributed by atoms with Gasteiger partial charge in [-0.25, -0.2) is 0 Å². The summed E-state index contributed by atoms with van der Waals surface area (Å²) in [5.74, 6) is 1.03. The zero-order valence-electron chi connectivity index (χ0n) is 17.8. The van der Waals surface area contributed by atoms with Crippen LogP contribution in [0, 0.1) is 0 Å². The summed E-state index contributed by atoms with van der Waals surface area (Å²) >= 11 is 1.56. The fraction of sp³-hybridized carbons (Fsp3) is 0.360. The van der Waals surface area contributed by atoms with Gasteiger partial charge in [-0.15, -0.1) is 11.3 Å². The number of nitrogens with one attached hydrogen (secondary N) is 1. The molecule has 0 bridgehead atoms. The van der Waals surface area contributed by atoms with E-state index in [4.69, 9.17) is 14.5 Å². The number of hydrogen-bond acceptors (Lipinski definition) is 5. The van der Waals surface area contributed by atoms with Crippen molar-refractivity contribution in [3.8, 4) is 5.75 Å². The van der Waals surface area contributed by atoms with Crippen molar-refractivity contribution in [2.75, 3.05) is 19.8 Å². The topological polar surface area (TPSA) is 60.5 Å². The molecule has 2 aromatic heterocycles. The van der Waals surface area contributed by atoms with Crippen molar-refractivity contribution < 1.29 is 14.3 Å². The Hall–Kier alpha value is -2.70. The predicted octanol–water partition coefficient (Wildman–Crippen LogP) is 5.48. The highest BCUT2D eigenvalue weighted by molar-refractivity contribution is 7.21. The predicted molar refractivity (Wildman–Crippen MR) is 124 cm³/mol. The van der Waals surface area contributed by atoms with Gasteiger partial charge in [-0.3, -0.25) is 9.78 Å². The third kappa shape index (κ3) is 3.75. The molecule has 2 aliphatic heterocycles. The van der Waals surface area contributed by atoms with Crippen LogP contribution in [0.3, 0.4) is 0 Å². The first kappa shape index (κ1) is 20.2. The number of hydrogen-bond donors (Lipinski definition) is 1. The van der Waals surface area contributed by atoms with Crippen LogP contribution < -0.4 is 10.1 Å². The minimum absolute atomic E-state index is 0.0275. The highest BCUT2D eigenvalue weighted by Gasteiger charge is 2.28. The average molecular weight is 435 g/mol. The number of fused-ring (bicyclic) bond motifs is 2. The maximum atomic E-state index is 13.5. The quantitative estimate of drug-likeness (QED) is 0.591. The first-order valence-corrected chi connectivity index (χ1v) is 11.7. The van der Waals surface area contributed by atoms with Crippen LogP contribution in [0.1, 0.15) is 65.0 Å². The van der Waals surface area contributed by atoms with E-state index < -0.39 is 0 Å². The number of carbonyl (C=O) groups excluding carboxylic acids is 1. The number of carbonyl (C=O) groups is 1. The Morgan fingerprint density at radius 2 is 2.10 bits per heavy atom. The van der Waals surface area contributed by atoms with E-state index in [1.165, 1.54) is 11.1 Å². The summed E-state index contributed by atoms with van der Waals surface area (Å²) in [5.41, 5.74) is 5.48. The van der Waals surface area contributed by atoms with Gasteiger partial charge in [-0.05, 0) is 35.6 Å². The van der Waals surface area contributed by atoms with Gasteiger partial charge < -0.3 is 14.8 Å². The molecule has 31 heavy (non-hydrogen) atoms. The fourth-order valence-corrected chi connectivity index (χ4v) is 5.82. The standard InChI is InChI=1S/C25H26N2O3S/c1-15(2)21-22-23(17(7-11-26-22)16-8-12-29-13-9-16)31-24(21)25(28)27-19-10-14-30-20-6-4-3-5-18(19)20/h3-8,11,15,19H,9-10,12-14H2,1-2H3,(H,27,28)/t19-/m0/s1.